The maximum atomic E-state index is 3.51. The van der Waals surface area contributed by atoms with Crippen LogP contribution in [0.5, 0.6) is 0 Å². The van der Waals surface area contributed by atoms with Gasteiger partial charge in [0.05, 0.1) is 0 Å². The summed E-state index contributed by atoms with van der Waals surface area (Å²) in [5, 5.41) is 3.51. The second-order valence-electron chi connectivity index (χ2n) is 5.20. The summed E-state index contributed by atoms with van der Waals surface area (Å²) in [6.45, 7) is 4.77. The molecule has 2 aliphatic rings. The molecule has 0 radical (unpaired) electrons. The Balaban J connectivity index is 0.000000963. The zero-order valence-electron chi connectivity index (χ0n) is 9.78. The number of rotatable bonds is 1. The Hall–Kier alpha value is -0.530. The Morgan fingerprint density at radius 1 is 1.06 bits per heavy atom. The molecule has 0 bridgehead atoms. The van der Waals surface area contributed by atoms with Crippen molar-refractivity contribution in [3.05, 3.63) is 35.4 Å². The van der Waals surface area contributed by atoms with Crippen LogP contribution in [-0.2, 0) is 0 Å². The zero-order valence-corrected chi connectivity index (χ0v) is 10.6. The van der Waals surface area contributed by atoms with Gasteiger partial charge in [0.15, 0.2) is 0 Å². The first kappa shape index (κ1) is 11.9. The molecule has 2 fully saturated rings. The van der Waals surface area contributed by atoms with Gasteiger partial charge in [0.25, 0.3) is 0 Å². The monoisotopic (exact) mass is 237 g/mol. The third-order valence-corrected chi connectivity index (χ3v) is 4.28. The van der Waals surface area contributed by atoms with Crippen LogP contribution in [0.2, 0.25) is 0 Å². The Morgan fingerprint density at radius 3 is 2.31 bits per heavy atom. The highest BCUT2D eigenvalue weighted by Crippen LogP contribution is 2.44. The highest BCUT2D eigenvalue weighted by Gasteiger charge is 2.37. The average molecular weight is 238 g/mol. The summed E-state index contributed by atoms with van der Waals surface area (Å²) in [5.74, 6) is 2.74. The lowest BCUT2D eigenvalue weighted by Crippen LogP contribution is -2.11. The lowest BCUT2D eigenvalue weighted by molar-refractivity contribution is 0.494. The van der Waals surface area contributed by atoms with Gasteiger partial charge in [-0.2, -0.15) is 0 Å². The van der Waals surface area contributed by atoms with Gasteiger partial charge in [0.2, 0.25) is 0 Å². The molecule has 3 atom stereocenters. The molecule has 0 aromatic heterocycles. The van der Waals surface area contributed by atoms with Gasteiger partial charge >= 0.3 is 0 Å². The number of aryl methyl sites for hydroxylation is 1. The minimum atomic E-state index is 0. The largest absolute Gasteiger partial charge is 0.316 e. The molecule has 0 amide bonds. The van der Waals surface area contributed by atoms with Crippen molar-refractivity contribution < 1.29 is 0 Å². The molecule has 1 aliphatic heterocycles. The molecule has 3 rings (SSSR count). The number of hydrogen-bond acceptors (Lipinski definition) is 1. The number of hydrogen-bond donors (Lipinski definition) is 1. The van der Waals surface area contributed by atoms with E-state index in [2.05, 4.69) is 36.5 Å². The Labute approximate surface area is 104 Å². The highest BCUT2D eigenvalue weighted by atomic mass is 35.5. The molecule has 2 heteroatoms. The summed E-state index contributed by atoms with van der Waals surface area (Å²) in [6, 6.07) is 8.92. The molecular weight excluding hydrogens is 218 g/mol. The van der Waals surface area contributed by atoms with Gasteiger partial charge < -0.3 is 5.32 Å². The molecule has 1 aromatic rings. The number of halogens is 1. The van der Waals surface area contributed by atoms with Gasteiger partial charge in [0, 0.05) is 0 Å². The van der Waals surface area contributed by atoms with Gasteiger partial charge in [-0.25, -0.2) is 0 Å². The minimum absolute atomic E-state index is 0. The van der Waals surface area contributed by atoms with Crippen LogP contribution in [0.1, 0.15) is 29.9 Å². The van der Waals surface area contributed by atoms with Crippen molar-refractivity contribution in [1.29, 1.82) is 0 Å². The molecule has 1 N–H and O–H groups in total. The van der Waals surface area contributed by atoms with Crippen LogP contribution in [0.4, 0.5) is 0 Å². The summed E-state index contributed by atoms with van der Waals surface area (Å²) in [4.78, 5) is 0. The number of fused-ring (bicyclic) bond motifs is 1. The van der Waals surface area contributed by atoms with Crippen molar-refractivity contribution in [3.8, 4) is 0 Å². The van der Waals surface area contributed by atoms with Crippen LogP contribution in [-0.4, -0.2) is 13.1 Å². The van der Waals surface area contributed by atoms with Crippen molar-refractivity contribution in [2.45, 2.75) is 25.7 Å². The SMILES string of the molecule is Cc1ccccc1[C@H]1C[C@H]2CNC[C@H]2C1.Cl. The van der Waals surface area contributed by atoms with Gasteiger partial charge in [-0.05, 0) is 61.7 Å². The first-order valence-electron chi connectivity index (χ1n) is 6.11. The number of nitrogens with one attached hydrogen (secondary N) is 1. The average Bonchev–Trinajstić information content (AvgIpc) is 2.77. The van der Waals surface area contributed by atoms with Crippen LogP contribution in [0, 0.1) is 18.8 Å². The van der Waals surface area contributed by atoms with E-state index in [4.69, 9.17) is 0 Å². The smallest absolute Gasteiger partial charge is 0.00171 e. The van der Waals surface area contributed by atoms with Crippen LogP contribution in [0.15, 0.2) is 24.3 Å². The molecule has 0 unspecified atom stereocenters. The molecule has 1 aliphatic carbocycles. The maximum Gasteiger partial charge on any atom is -0.00171 e. The number of benzene rings is 1. The van der Waals surface area contributed by atoms with E-state index in [0.29, 0.717) is 0 Å². The normalized spacial score (nSPS) is 32.2. The van der Waals surface area contributed by atoms with Gasteiger partial charge in [-0.3, -0.25) is 0 Å². The van der Waals surface area contributed by atoms with Crippen molar-refractivity contribution in [3.63, 3.8) is 0 Å². The predicted octanol–water partition coefficient (Wildman–Crippen LogP) is 3.13. The molecule has 1 saturated heterocycles. The fourth-order valence-corrected chi connectivity index (χ4v) is 3.46. The van der Waals surface area contributed by atoms with Crippen molar-refractivity contribution in [2.75, 3.05) is 13.1 Å². The molecule has 1 aromatic carbocycles. The zero-order chi connectivity index (χ0) is 10.3. The standard InChI is InChI=1S/C14H19N.ClH/c1-10-4-2-3-5-14(10)11-6-12-8-15-9-13(12)7-11;/h2-5,11-13,15H,6-9H2,1H3;1H/t11-,12-,13+;. The van der Waals surface area contributed by atoms with Crippen molar-refractivity contribution in [2.24, 2.45) is 11.8 Å². The van der Waals surface area contributed by atoms with E-state index < -0.39 is 0 Å². The van der Waals surface area contributed by atoms with Crippen molar-refractivity contribution >= 4 is 12.4 Å². The molecular formula is C14H20ClN. The topological polar surface area (TPSA) is 12.0 Å². The Bertz CT molecular complexity index is 352. The van der Waals surface area contributed by atoms with Crippen LogP contribution >= 0.6 is 12.4 Å². The van der Waals surface area contributed by atoms with E-state index in [0.717, 1.165) is 17.8 Å². The third kappa shape index (κ3) is 1.99. The van der Waals surface area contributed by atoms with E-state index in [1.54, 1.807) is 5.56 Å². The summed E-state index contributed by atoms with van der Waals surface area (Å²) in [5.41, 5.74) is 3.09. The van der Waals surface area contributed by atoms with Gasteiger partial charge in [-0.15, -0.1) is 12.4 Å². The van der Waals surface area contributed by atoms with E-state index in [-0.39, 0.29) is 12.4 Å². The van der Waals surface area contributed by atoms with E-state index in [1.807, 2.05) is 0 Å². The van der Waals surface area contributed by atoms with E-state index in [1.165, 1.54) is 31.5 Å². The second kappa shape index (κ2) is 4.77. The molecule has 88 valence electrons. The molecule has 0 spiro atoms. The maximum absolute atomic E-state index is 3.51. The molecule has 16 heavy (non-hydrogen) atoms. The molecule has 1 saturated carbocycles. The lowest BCUT2D eigenvalue weighted by atomic mass is 9.92. The summed E-state index contributed by atoms with van der Waals surface area (Å²) < 4.78 is 0. The van der Waals surface area contributed by atoms with E-state index >= 15 is 0 Å². The van der Waals surface area contributed by atoms with Crippen LogP contribution in [0.3, 0.4) is 0 Å². The van der Waals surface area contributed by atoms with Crippen LogP contribution < -0.4 is 5.32 Å². The molecule has 1 heterocycles. The first-order valence-corrected chi connectivity index (χ1v) is 6.11. The fourth-order valence-electron chi connectivity index (χ4n) is 3.46. The van der Waals surface area contributed by atoms with Gasteiger partial charge in [-0.1, -0.05) is 24.3 Å². The second-order valence-corrected chi connectivity index (χ2v) is 5.20. The minimum Gasteiger partial charge on any atom is -0.316 e. The predicted molar refractivity (Wildman–Crippen MR) is 70.3 cm³/mol. The molecule has 1 nitrogen and oxygen atoms in total. The van der Waals surface area contributed by atoms with Gasteiger partial charge in [0.1, 0.15) is 0 Å². The fraction of sp³-hybridized carbons (Fsp3) is 0.571. The highest BCUT2D eigenvalue weighted by molar-refractivity contribution is 5.85. The Morgan fingerprint density at radius 2 is 1.69 bits per heavy atom. The summed E-state index contributed by atoms with van der Waals surface area (Å²) in [7, 11) is 0. The third-order valence-electron chi connectivity index (χ3n) is 4.28. The van der Waals surface area contributed by atoms with E-state index in [9.17, 15) is 0 Å². The van der Waals surface area contributed by atoms with Crippen LogP contribution in [0.25, 0.3) is 0 Å². The Kier molecular flexibility index (Phi) is 3.56. The first-order chi connectivity index (χ1) is 7.34. The quantitative estimate of drug-likeness (QED) is 0.792. The van der Waals surface area contributed by atoms with Crippen molar-refractivity contribution in [1.82, 2.24) is 5.32 Å². The summed E-state index contributed by atoms with van der Waals surface area (Å²) >= 11 is 0. The lowest BCUT2D eigenvalue weighted by Gasteiger charge is -2.14. The summed E-state index contributed by atoms with van der Waals surface area (Å²) in [6.07, 6.45) is 2.81.